The summed E-state index contributed by atoms with van der Waals surface area (Å²) >= 11 is 0. The van der Waals surface area contributed by atoms with E-state index < -0.39 is 0 Å². The summed E-state index contributed by atoms with van der Waals surface area (Å²) in [6, 6.07) is 14.0. The molecule has 0 bridgehead atoms. The maximum absolute atomic E-state index is 12.2. The lowest BCUT2D eigenvalue weighted by Gasteiger charge is -2.16. The Morgan fingerprint density at radius 3 is 2.29 bits per heavy atom. The summed E-state index contributed by atoms with van der Waals surface area (Å²) in [5.74, 6) is 0.936. The van der Waals surface area contributed by atoms with Gasteiger partial charge in [-0.3, -0.25) is 4.79 Å². The molecule has 1 amide bonds. The Balaban J connectivity index is 1.79. The van der Waals surface area contributed by atoms with E-state index in [1.807, 2.05) is 70.3 Å². The minimum absolute atomic E-state index is 0.0285. The maximum atomic E-state index is 12.2. The molecule has 0 aliphatic carbocycles. The molecule has 2 aromatic carbocycles. The molecule has 0 saturated carbocycles. The highest BCUT2D eigenvalue weighted by Crippen LogP contribution is 2.19. The van der Waals surface area contributed by atoms with E-state index in [9.17, 15) is 4.79 Å². The summed E-state index contributed by atoms with van der Waals surface area (Å²) in [4.78, 5) is 13.4. The summed E-state index contributed by atoms with van der Waals surface area (Å²) in [5, 5.41) is 3.03. The van der Waals surface area contributed by atoms with Crippen LogP contribution in [0, 0.1) is 20.8 Å². The minimum Gasteiger partial charge on any atom is -0.487 e. The fourth-order valence-corrected chi connectivity index (χ4v) is 2.61. The van der Waals surface area contributed by atoms with Gasteiger partial charge in [0.25, 0.3) is 5.91 Å². The van der Waals surface area contributed by atoms with Crippen LogP contribution < -0.4 is 15.0 Å². The molecule has 2 N–H and O–H groups in total. The Morgan fingerprint density at radius 1 is 1.00 bits per heavy atom. The Kier molecular flexibility index (Phi) is 6.38. The predicted molar refractivity (Wildman–Crippen MR) is 97.8 cm³/mol. The van der Waals surface area contributed by atoms with Crippen LogP contribution in [0.3, 0.4) is 0 Å². The summed E-state index contributed by atoms with van der Waals surface area (Å²) in [7, 11) is 2.01. The van der Waals surface area contributed by atoms with E-state index in [-0.39, 0.29) is 5.91 Å². The van der Waals surface area contributed by atoms with E-state index in [1.165, 1.54) is 0 Å². The predicted octanol–water partition coefficient (Wildman–Crippen LogP) is 2.14. The number of benzene rings is 2. The van der Waals surface area contributed by atoms with Crippen molar-refractivity contribution in [1.29, 1.82) is 0 Å². The number of hydrogen-bond acceptors (Lipinski definition) is 2. The van der Waals surface area contributed by atoms with Crippen LogP contribution in [0.15, 0.2) is 42.5 Å². The molecule has 1 unspecified atom stereocenters. The molecule has 0 aromatic heterocycles. The molecule has 0 saturated heterocycles. The van der Waals surface area contributed by atoms with Gasteiger partial charge in [-0.25, -0.2) is 0 Å². The van der Waals surface area contributed by atoms with Gasteiger partial charge in [-0.15, -0.1) is 0 Å². The van der Waals surface area contributed by atoms with Crippen molar-refractivity contribution in [3.05, 3.63) is 59.2 Å². The second-order valence-corrected chi connectivity index (χ2v) is 6.31. The number of nitrogens with one attached hydrogen (secondary N) is 2. The van der Waals surface area contributed by atoms with Crippen molar-refractivity contribution in [3.8, 4) is 5.75 Å². The van der Waals surface area contributed by atoms with E-state index in [1.54, 1.807) is 0 Å². The van der Waals surface area contributed by atoms with Crippen LogP contribution in [0.25, 0.3) is 0 Å². The monoisotopic (exact) mass is 327 g/mol. The van der Waals surface area contributed by atoms with Crippen LogP contribution in [0.1, 0.15) is 16.7 Å². The first kappa shape index (κ1) is 18.0. The molecular formula is C20H27N2O2+. The highest BCUT2D eigenvalue weighted by Gasteiger charge is 2.12. The molecule has 24 heavy (non-hydrogen) atoms. The average Bonchev–Trinajstić information content (AvgIpc) is 2.53. The number of amides is 1. The van der Waals surface area contributed by atoms with E-state index in [0.29, 0.717) is 13.2 Å². The number of carbonyl (C=O) groups is 1. The van der Waals surface area contributed by atoms with Crippen molar-refractivity contribution in [2.24, 2.45) is 0 Å². The molecule has 0 heterocycles. The van der Waals surface area contributed by atoms with Gasteiger partial charge in [0.1, 0.15) is 18.9 Å². The van der Waals surface area contributed by atoms with E-state index in [2.05, 4.69) is 5.32 Å². The molecule has 0 aliphatic rings. The largest absolute Gasteiger partial charge is 0.487 e. The Bertz CT molecular complexity index is 678. The van der Waals surface area contributed by atoms with Gasteiger partial charge in [0.15, 0.2) is 6.54 Å². The van der Waals surface area contributed by atoms with Gasteiger partial charge in [-0.05, 0) is 43.5 Å². The molecule has 0 radical (unpaired) electrons. The molecule has 4 nitrogen and oxygen atoms in total. The van der Waals surface area contributed by atoms with Crippen LogP contribution in [0.5, 0.6) is 5.75 Å². The molecule has 2 aromatic rings. The van der Waals surface area contributed by atoms with Crippen LogP contribution in [-0.2, 0) is 4.79 Å². The number of quaternary nitrogens is 1. The van der Waals surface area contributed by atoms with Gasteiger partial charge in [0, 0.05) is 5.69 Å². The summed E-state index contributed by atoms with van der Waals surface area (Å²) in [6.07, 6.45) is 0. The van der Waals surface area contributed by atoms with Crippen molar-refractivity contribution in [3.63, 3.8) is 0 Å². The van der Waals surface area contributed by atoms with Crippen LogP contribution in [0.2, 0.25) is 0 Å². The van der Waals surface area contributed by atoms with Gasteiger partial charge < -0.3 is 15.0 Å². The number of aryl methyl sites for hydroxylation is 3. The Labute approximate surface area is 144 Å². The van der Waals surface area contributed by atoms with E-state index >= 15 is 0 Å². The molecular weight excluding hydrogens is 300 g/mol. The van der Waals surface area contributed by atoms with E-state index in [4.69, 9.17) is 4.74 Å². The second kappa shape index (κ2) is 8.50. The van der Waals surface area contributed by atoms with Gasteiger partial charge in [0.2, 0.25) is 0 Å². The SMILES string of the molecule is Cc1ccccc1OCC[NH+](C)CC(=O)Nc1c(C)cccc1C. The fourth-order valence-electron chi connectivity index (χ4n) is 2.61. The first-order valence-corrected chi connectivity index (χ1v) is 8.33. The molecule has 128 valence electrons. The molecule has 0 fully saturated rings. The average molecular weight is 327 g/mol. The zero-order chi connectivity index (χ0) is 17.5. The molecule has 4 heteroatoms. The first-order valence-electron chi connectivity index (χ1n) is 8.33. The lowest BCUT2D eigenvalue weighted by atomic mass is 10.1. The minimum atomic E-state index is 0.0285. The normalized spacial score (nSPS) is 11.8. The van der Waals surface area contributed by atoms with E-state index in [0.717, 1.165) is 39.6 Å². The third kappa shape index (κ3) is 5.10. The number of rotatable bonds is 7. The lowest BCUT2D eigenvalue weighted by molar-refractivity contribution is -0.871. The summed E-state index contributed by atoms with van der Waals surface area (Å²) < 4.78 is 5.79. The topological polar surface area (TPSA) is 42.8 Å². The van der Waals surface area contributed by atoms with Crippen molar-refractivity contribution in [2.45, 2.75) is 20.8 Å². The van der Waals surface area contributed by atoms with Crippen LogP contribution in [0.4, 0.5) is 5.69 Å². The zero-order valence-electron chi connectivity index (χ0n) is 15.0. The lowest BCUT2D eigenvalue weighted by Crippen LogP contribution is -3.10. The molecule has 0 spiro atoms. The number of para-hydroxylation sites is 2. The number of ether oxygens (including phenoxy) is 1. The second-order valence-electron chi connectivity index (χ2n) is 6.31. The van der Waals surface area contributed by atoms with Crippen LogP contribution >= 0.6 is 0 Å². The number of carbonyl (C=O) groups excluding carboxylic acids is 1. The standard InChI is InChI=1S/C20H26N2O2/c1-15-8-5-6-11-18(15)24-13-12-22(4)14-19(23)21-20-16(2)9-7-10-17(20)3/h5-11H,12-14H2,1-4H3,(H,21,23)/p+1. The fraction of sp³-hybridized carbons (Fsp3) is 0.350. The smallest absolute Gasteiger partial charge is 0.279 e. The van der Waals surface area contributed by atoms with Gasteiger partial charge in [-0.2, -0.15) is 0 Å². The van der Waals surface area contributed by atoms with Crippen molar-refractivity contribution in [1.82, 2.24) is 0 Å². The number of hydrogen-bond donors (Lipinski definition) is 2. The van der Waals surface area contributed by atoms with Gasteiger partial charge in [0.05, 0.1) is 7.05 Å². The Morgan fingerprint density at radius 2 is 1.62 bits per heavy atom. The third-order valence-corrected chi connectivity index (χ3v) is 4.09. The van der Waals surface area contributed by atoms with Crippen molar-refractivity contribution in [2.75, 3.05) is 32.1 Å². The van der Waals surface area contributed by atoms with Crippen molar-refractivity contribution < 1.29 is 14.4 Å². The highest BCUT2D eigenvalue weighted by molar-refractivity contribution is 5.93. The summed E-state index contributed by atoms with van der Waals surface area (Å²) in [5.41, 5.74) is 4.22. The molecule has 0 aliphatic heterocycles. The zero-order valence-corrected chi connectivity index (χ0v) is 15.0. The molecule has 2 rings (SSSR count). The Hall–Kier alpha value is -2.33. The summed E-state index contributed by atoms with van der Waals surface area (Å²) in [6.45, 7) is 7.83. The first-order chi connectivity index (χ1) is 11.5. The quantitative estimate of drug-likeness (QED) is 0.818. The maximum Gasteiger partial charge on any atom is 0.279 e. The number of anilines is 1. The van der Waals surface area contributed by atoms with Crippen LogP contribution in [-0.4, -0.2) is 32.7 Å². The third-order valence-electron chi connectivity index (χ3n) is 4.09. The molecule has 1 atom stereocenters. The van der Waals surface area contributed by atoms with Gasteiger partial charge in [-0.1, -0.05) is 36.4 Å². The highest BCUT2D eigenvalue weighted by atomic mass is 16.5. The number of likely N-dealkylation sites (N-methyl/N-ethyl adjacent to an activating group) is 1. The van der Waals surface area contributed by atoms with Crippen molar-refractivity contribution >= 4 is 11.6 Å². The van der Waals surface area contributed by atoms with Gasteiger partial charge >= 0.3 is 0 Å².